The normalized spacial score (nSPS) is 0.667. The minimum Gasteiger partial charge on any atom is 0 e. The van der Waals surface area contributed by atoms with Crippen molar-refractivity contribution in [2.45, 2.75) is 0 Å². The molecule has 0 aromatic rings. The van der Waals surface area contributed by atoms with Crippen LogP contribution in [0.25, 0.3) is 0 Å². The minimum absolute atomic E-state index is 0. The van der Waals surface area contributed by atoms with Crippen molar-refractivity contribution in [3.8, 4) is 0 Å². The Morgan fingerprint density at radius 2 is 1.17 bits per heavy atom. The van der Waals surface area contributed by atoms with Crippen LogP contribution in [0, 0.1) is 0 Å². The van der Waals surface area contributed by atoms with E-state index >= 15 is 0 Å². The monoisotopic (exact) mass is 562 g/mol. The molecule has 6 heavy (non-hydrogen) atoms. The van der Waals surface area contributed by atoms with Crippen LogP contribution in [0.5, 0.6) is 0 Å². The molecule has 6 heteroatoms. The SMILES string of the molecule is [GaH3].[GeH4].[O]=[Pb].[SnH4].[Zn]. The molecule has 34 valence electrons. The summed E-state index contributed by atoms with van der Waals surface area (Å²) >= 11 is 0.0556. The van der Waals surface area contributed by atoms with E-state index in [-0.39, 0.29) is 107 Å². The standard InChI is InChI=1S/Ga.GeH4.O.Pb.Sn.Zn.7H/h;1H4;;;;;;;;;;;. The number of hydrogen-bond donors (Lipinski definition) is 0. The molecule has 1 nitrogen and oxygen atoms in total. The maximum atomic E-state index is 8.39. The molecule has 2 radical (unpaired) electrons. The molecule has 0 spiro atoms. The van der Waals surface area contributed by atoms with Gasteiger partial charge in [0, 0.05) is 19.5 Å². The Bertz CT molecular complexity index is 15.5. The van der Waals surface area contributed by atoms with E-state index in [1.165, 1.54) is 0 Å². The molecule has 0 aromatic heterocycles. The first-order valence-corrected chi connectivity index (χ1v) is 1.79. The van der Waals surface area contributed by atoms with Gasteiger partial charge in [0.15, 0.2) is 0 Å². The Morgan fingerprint density at radius 1 is 1.17 bits per heavy atom. The summed E-state index contributed by atoms with van der Waals surface area (Å²) < 4.78 is 8.39. The fraction of sp³-hybridized carbons (Fsp3) is 0. The fourth-order valence-electron chi connectivity index (χ4n) is 0. The van der Waals surface area contributed by atoms with Gasteiger partial charge in [-0.2, -0.15) is 0 Å². The molecule has 0 bridgehead atoms. The fourth-order valence-corrected chi connectivity index (χ4v) is 0. The van der Waals surface area contributed by atoms with Crippen LogP contribution in [-0.4, -0.2) is 87.1 Å². The topological polar surface area (TPSA) is 17.1 Å². The second-order valence-electron chi connectivity index (χ2n) is 0. The summed E-state index contributed by atoms with van der Waals surface area (Å²) in [4.78, 5) is 0. The minimum atomic E-state index is 0. The predicted molar refractivity (Wildman–Crippen MR) is 39.0 cm³/mol. The van der Waals surface area contributed by atoms with Gasteiger partial charge in [-0.3, -0.25) is 0 Å². The molecular weight excluding hydrogens is 550 g/mol. The Morgan fingerprint density at radius 3 is 1.17 bits per heavy atom. The van der Waals surface area contributed by atoms with E-state index in [0.29, 0.717) is 0 Å². The maximum Gasteiger partial charge on any atom is 0 e. The zero-order valence-electron chi connectivity index (χ0n) is 1.62. The zero-order chi connectivity index (χ0) is 2.00. The molecule has 0 N–H and O–H groups in total. The zero-order valence-corrected chi connectivity index (χ0v) is 8.47. The summed E-state index contributed by atoms with van der Waals surface area (Å²) in [5.41, 5.74) is 0. The Kier molecular flexibility index (Phi) is 233. The van der Waals surface area contributed by atoms with Crippen LogP contribution < -0.4 is 0 Å². The average molecular weight is 561 g/mol. The third-order valence-electron chi connectivity index (χ3n) is 0. The van der Waals surface area contributed by atoms with Crippen molar-refractivity contribution >= 4 is 87.1 Å². The number of rotatable bonds is 0. The summed E-state index contributed by atoms with van der Waals surface area (Å²) in [5, 5.41) is 0. The van der Waals surface area contributed by atoms with E-state index in [2.05, 4.69) is 0 Å². The van der Waals surface area contributed by atoms with Gasteiger partial charge < -0.3 is 0 Å². The average Bonchev–Trinajstić information content (AvgIpc) is 1.00. The Hall–Kier alpha value is 3.32. The van der Waals surface area contributed by atoms with Gasteiger partial charge in [0.05, 0.1) is 0 Å². The molecule has 0 amide bonds. The second-order valence-corrected chi connectivity index (χ2v) is 0. The van der Waals surface area contributed by atoms with Crippen molar-refractivity contribution in [1.82, 2.24) is 0 Å². The summed E-state index contributed by atoms with van der Waals surface area (Å²) in [6.45, 7) is 0. The largest absolute Gasteiger partial charge is 0 e. The van der Waals surface area contributed by atoms with Crippen LogP contribution in [0.4, 0.5) is 0 Å². The summed E-state index contributed by atoms with van der Waals surface area (Å²) in [6.07, 6.45) is 0. The molecule has 0 aliphatic heterocycles. The molecular formula is H11GaGeOPbSnZn. The summed E-state index contributed by atoms with van der Waals surface area (Å²) in [7, 11) is 0. The van der Waals surface area contributed by atoms with E-state index in [0.717, 1.165) is 0 Å². The predicted octanol–water partition coefficient (Wildman–Crippen LogP) is -4.59. The van der Waals surface area contributed by atoms with Crippen molar-refractivity contribution in [1.29, 1.82) is 0 Å². The van der Waals surface area contributed by atoms with Crippen LogP contribution in [0.2, 0.25) is 0 Å². The Labute approximate surface area is 107 Å². The van der Waals surface area contributed by atoms with Gasteiger partial charge in [-0.15, -0.1) is 0 Å². The molecule has 0 aliphatic rings. The van der Waals surface area contributed by atoms with Gasteiger partial charge in [0.25, 0.3) is 0 Å². The molecule has 0 fully saturated rings. The van der Waals surface area contributed by atoms with Crippen LogP contribution in [0.1, 0.15) is 0 Å². The van der Waals surface area contributed by atoms with E-state index in [4.69, 9.17) is 2.69 Å². The first kappa shape index (κ1) is 34.6. The molecule has 0 heterocycles. The van der Waals surface area contributed by atoms with Crippen molar-refractivity contribution in [2.24, 2.45) is 0 Å². The number of hydrogen-bond acceptors (Lipinski definition) is 1. The van der Waals surface area contributed by atoms with Crippen molar-refractivity contribution in [3.63, 3.8) is 0 Å². The van der Waals surface area contributed by atoms with Crippen molar-refractivity contribution in [2.75, 3.05) is 0 Å². The van der Waals surface area contributed by atoms with Gasteiger partial charge in [0.1, 0.15) is 0 Å². The van der Waals surface area contributed by atoms with Crippen molar-refractivity contribution < 1.29 is 22.2 Å². The summed E-state index contributed by atoms with van der Waals surface area (Å²) in [5.74, 6) is 0. The van der Waals surface area contributed by atoms with Gasteiger partial charge in [-0.05, 0) is 0 Å². The molecule has 0 aromatic carbocycles. The van der Waals surface area contributed by atoms with Crippen molar-refractivity contribution in [3.05, 3.63) is 0 Å². The Balaban J connectivity index is -0.000000000833. The van der Waals surface area contributed by atoms with Gasteiger partial charge in [-0.1, -0.05) is 0 Å². The van der Waals surface area contributed by atoms with E-state index < -0.39 is 0 Å². The van der Waals surface area contributed by atoms with Gasteiger partial charge in [0.2, 0.25) is 0 Å². The summed E-state index contributed by atoms with van der Waals surface area (Å²) in [6, 6.07) is 0. The molecule has 0 saturated carbocycles. The third kappa shape index (κ3) is 26.5. The smallest absolute Gasteiger partial charge is 0 e. The third-order valence-corrected chi connectivity index (χ3v) is 0. The first-order chi connectivity index (χ1) is 1.00. The van der Waals surface area contributed by atoms with Gasteiger partial charge >= 0.3 is 89.8 Å². The first-order valence-electron chi connectivity index (χ1n) is 0.204. The second kappa shape index (κ2) is 40.4. The van der Waals surface area contributed by atoms with Crippen LogP contribution in [0.3, 0.4) is 0 Å². The maximum absolute atomic E-state index is 8.39. The molecule has 0 unspecified atom stereocenters. The van der Waals surface area contributed by atoms with E-state index in [9.17, 15) is 0 Å². The van der Waals surface area contributed by atoms with E-state index in [1.54, 1.807) is 0 Å². The van der Waals surface area contributed by atoms with Crippen LogP contribution in [-0.2, 0) is 22.2 Å². The molecule has 0 rings (SSSR count). The molecule has 0 saturated heterocycles. The molecule has 0 atom stereocenters. The van der Waals surface area contributed by atoms with Crippen LogP contribution in [0.15, 0.2) is 0 Å². The van der Waals surface area contributed by atoms with Crippen LogP contribution >= 0.6 is 0 Å². The van der Waals surface area contributed by atoms with E-state index in [1.807, 2.05) is 0 Å². The quantitative estimate of drug-likeness (QED) is 0.273. The molecule has 0 aliphatic carbocycles. The van der Waals surface area contributed by atoms with Gasteiger partial charge in [-0.25, -0.2) is 0 Å².